The Morgan fingerprint density at radius 3 is 2.41 bits per heavy atom. The number of hydrogen-bond donors (Lipinski definition) is 2. The Kier molecular flexibility index (Phi) is 11.3. The molecule has 220 valence electrons. The Hall–Kier alpha value is -3.42. The molecule has 2 aromatic carbocycles. The van der Waals surface area contributed by atoms with Crippen LogP contribution in [0.1, 0.15) is 67.1 Å². The molecule has 41 heavy (non-hydrogen) atoms. The molecule has 1 aromatic heterocycles. The number of amides is 1. The molecule has 3 aromatic rings. The highest BCUT2D eigenvalue weighted by molar-refractivity contribution is 5.98. The summed E-state index contributed by atoms with van der Waals surface area (Å²) < 4.78 is 6.23. The summed E-state index contributed by atoms with van der Waals surface area (Å²) >= 11 is 0. The van der Waals surface area contributed by atoms with Gasteiger partial charge in [0.25, 0.3) is 5.91 Å². The Morgan fingerprint density at radius 1 is 1.02 bits per heavy atom. The van der Waals surface area contributed by atoms with E-state index in [1.807, 2.05) is 44.4 Å². The molecular weight excluding hydrogens is 538 g/mol. The van der Waals surface area contributed by atoms with Crippen LogP contribution in [0.25, 0.3) is 22.4 Å². The van der Waals surface area contributed by atoms with E-state index in [0.29, 0.717) is 25.1 Å². The standard InChI is InChI=1S/C33H41N3O4.ClH/c1-5-24-14-15-25(22-29(24)40-21-11-20-36(3)4)30-27(26-13-8-7-12-23(26)2)16-17-28(34-30)31(37)35-33(32(38)39)18-9-6-10-19-33;/h7-8,12-17,22H,5-6,9-11,18-21H2,1-4H3,(H,35,37)(H,38,39);1H. The number of aromatic nitrogens is 1. The Balaban J connectivity index is 0.00000462. The van der Waals surface area contributed by atoms with E-state index in [9.17, 15) is 14.7 Å². The molecule has 1 aliphatic rings. The van der Waals surface area contributed by atoms with Gasteiger partial charge in [-0.15, -0.1) is 12.4 Å². The van der Waals surface area contributed by atoms with Gasteiger partial charge < -0.3 is 20.1 Å². The van der Waals surface area contributed by atoms with Crippen LogP contribution in [0.15, 0.2) is 54.6 Å². The van der Waals surface area contributed by atoms with E-state index in [0.717, 1.165) is 72.2 Å². The molecule has 0 aliphatic heterocycles. The molecule has 0 atom stereocenters. The van der Waals surface area contributed by atoms with E-state index < -0.39 is 17.4 Å². The van der Waals surface area contributed by atoms with Crippen molar-refractivity contribution in [2.45, 2.75) is 64.3 Å². The number of benzene rings is 2. The fourth-order valence-corrected chi connectivity index (χ4v) is 5.42. The minimum Gasteiger partial charge on any atom is -0.493 e. The monoisotopic (exact) mass is 579 g/mol. The zero-order chi connectivity index (χ0) is 28.7. The second-order valence-electron chi connectivity index (χ2n) is 11.0. The molecule has 1 saturated carbocycles. The van der Waals surface area contributed by atoms with Gasteiger partial charge in [-0.1, -0.05) is 62.6 Å². The van der Waals surface area contributed by atoms with E-state index >= 15 is 0 Å². The van der Waals surface area contributed by atoms with Crippen molar-refractivity contribution >= 4 is 24.3 Å². The van der Waals surface area contributed by atoms with Crippen LogP contribution < -0.4 is 10.1 Å². The molecule has 0 bridgehead atoms. The first-order chi connectivity index (χ1) is 19.2. The molecule has 1 amide bonds. The van der Waals surface area contributed by atoms with E-state index in [4.69, 9.17) is 9.72 Å². The summed E-state index contributed by atoms with van der Waals surface area (Å²) in [6, 6.07) is 17.8. The molecule has 7 nitrogen and oxygen atoms in total. The quantitative estimate of drug-likeness (QED) is 0.250. The second kappa shape index (κ2) is 14.5. The summed E-state index contributed by atoms with van der Waals surface area (Å²) in [5.41, 5.74) is 4.60. The smallest absolute Gasteiger partial charge is 0.329 e. The summed E-state index contributed by atoms with van der Waals surface area (Å²) in [4.78, 5) is 32.7. The lowest BCUT2D eigenvalue weighted by atomic mass is 9.81. The van der Waals surface area contributed by atoms with Crippen molar-refractivity contribution in [2.24, 2.45) is 0 Å². The summed E-state index contributed by atoms with van der Waals surface area (Å²) in [5, 5.41) is 12.8. The van der Waals surface area contributed by atoms with Crippen LogP contribution in [0.3, 0.4) is 0 Å². The van der Waals surface area contributed by atoms with Crippen LogP contribution in [-0.2, 0) is 11.2 Å². The Morgan fingerprint density at radius 2 is 1.76 bits per heavy atom. The highest BCUT2D eigenvalue weighted by atomic mass is 35.5. The normalized spacial score (nSPS) is 14.3. The fraction of sp³-hybridized carbons (Fsp3) is 0.424. The number of nitrogens with zero attached hydrogens (tertiary/aromatic N) is 2. The number of aryl methyl sites for hydroxylation is 2. The van der Waals surface area contributed by atoms with Gasteiger partial charge in [0.2, 0.25) is 0 Å². The van der Waals surface area contributed by atoms with Crippen LogP contribution >= 0.6 is 12.4 Å². The first-order valence-corrected chi connectivity index (χ1v) is 14.3. The number of halogens is 1. The van der Waals surface area contributed by atoms with Crippen LogP contribution in [0.2, 0.25) is 0 Å². The molecule has 0 radical (unpaired) electrons. The molecule has 0 spiro atoms. The maximum absolute atomic E-state index is 13.5. The number of pyridine rings is 1. The highest BCUT2D eigenvalue weighted by Gasteiger charge is 2.41. The zero-order valence-electron chi connectivity index (χ0n) is 24.5. The topological polar surface area (TPSA) is 91.8 Å². The SMILES string of the molecule is CCc1ccc(-c2nc(C(=O)NC3(C(=O)O)CCCCC3)ccc2-c2ccccc2C)cc1OCCCN(C)C.Cl. The van der Waals surface area contributed by atoms with Crippen molar-refractivity contribution in [2.75, 3.05) is 27.2 Å². The van der Waals surface area contributed by atoms with Gasteiger partial charge in [0.15, 0.2) is 0 Å². The number of ether oxygens (including phenoxy) is 1. The van der Waals surface area contributed by atoms with E-state index in [2.05, 4.69) is 42.3 Å². The molecule has 1 heterocycles. The molecule has 0 saturated heterocycles. The molecule has 2 N–H and O–H groups in total. The maximum atomic E-state index is 13.5. The first-order valence-electron chi connectivity index (χ1n) is 14.3. The third-order valence-electron chi connectivity index (χ3n) is 7.76. The van der Waals surface area contributed by atoms with Gasteiger partial charge in [-0.2, -0.15) is 0 Å². The average molecular weight is 580 g/mol. The summed E-state index contributed by atoms with van der Waals surface area (Å²) in [6.07, 6.45) is 5.13. The molecule has 8 heteroatoms. The van der Waals surface area contributed by atoms with E-state index in [-0.39, 0.29) is 18.1 Å². The number of carboxylic acid groups (broad SMARTS) is 1. The highest BCUT2D eigenvalue weighted by Crippen LogP contribution is 2.36. The van der Waals surface area contributed by atoms with Crippen molar-refractivity contribution < 1.29 is 19.4 Å². The van der Waals surface area contributed by atoms with Gasteiger partial charge >= 0.3 is 5.97 Å². The molecular formula is C33H42ClN3O4. The minimum atomic E-state index is -1.25. The number of nitrogens with one attached hydrogen (secondary N) is 1. The lowest BCUT2D eigenvalue weighted by molar-refractivity contribution is -0.145. The molecule has 4 rings (SSSR count). The number of hydrogen-bond acceptors (Lipinski definition) is 5. The zero-order valence-corrected chi connectivity index (χ0v) is 25.4. The molecule has 1 aliphatic carbocycles. The summed E-state index contributed by atoms with van der Waals surface area (Å²) in [6.45, 7) is 5.70. The van der Waals surface area contributed by atoms with Gasteiger partial charge in [0.1, 0.15) is 17.0 Å². The third kappa shape index (κ3) is 7.66. The fourth-order valence-electron chi connectivity index (χ4n) is 5.42. The lowest BCUT2D eigenvalue weighted by Crippen LogP contribution is -2.55. The lowest BCUT2D eigenvalue weighted by Gasteiger charge is -2.33. The van der Waals surface area contributed by atoms with Gasteiger partial charge in [-0.3, -0.25) is 4.79 Å². The van der Waals surface area contributed by atoms with E-state index in [1.165, 1.54) is 0 Å². The van der Waals surface area contributed by atoms with Crippen LogP contribution in [0.5, 0.6) is 5.75 Å². The first kappa shape index (κ1) is 32.1. The third-order valence-corrected chi connectivity index (χ3v) is 7.76. The molecule has 1 fully saturated rings. The van der Waals surface area contributed by atoms with Crippen molar-refractivity contribution in [3.63, 3.8) is 0 Å². The minimum absolute atomic E-state index is 0. The second-order valence-corrected chi connectivity index (χ2v) is 11.0. The van der Waals surface area contributed by atoms with Gasteiger partial charge in [0, 0.05) is 17.7 Å². The number of rotatable bonds is 11. The predicted octanol–water partition coefficient (Wildman–Crippen LogP) is 6.56. The largest absolute Gasteiger partial charge is 0.493 e. The van der Waals surface area contributed by atoms with Gasteiger partial charge in [-0.05, 0) is 81.6 Å². The van der Waals surface area contributed by atoms with Crippen molar-refractivity contribution in [3.8, 4) is 28.1 Å². The summed E-state index contributed by atoms with van der Waals surface area (Å²) in [7, 11) is 4.10. The Labute approximate surface area is 249 Å². The summed E-state index contributed by atoms with van der Waals surface area (Å²) in [5.74, 6) is -0.631. The van der Waals surface area contributed by atoms with Crippen LogP contribution in [-0.4, -0.2) is 59.7 Å². The predicted molar refractivity (Wildman–Crippen MR) is 166 cm³/mol. The van der Waals surface area contributed by atoms with Gasteiger partial charge in [0.05, 0.1) is 12.3 Å². The number of carbonyl (C=O) groups excluding carboxylic acids is 1. The number of carboxylic acids is 1. The Bertz CT molecular complexity index is 1350. The number of aliphatic carboxylic acids is 1. The van der Waals surface area contributed by atoms with Crippen molar-refractivity contribution in [3.05, 3.63) is 71.4 Å². The average Bonchev–Trinajstić information content (AvgIpc) is 2.95. The van der Waals surface area contributed by atoms with Gasteiger partial charge in [-0.25, -0.2) is 9.78 Å². The molecule has 0 unspecified atom stereocenters. The van der Waals surface area contributed by atoms with Crippen molar-refractivity contribution in [1.29, 1.82) is 0 Å². The maximum Gasteiger partial charge on any atom is 0.329 e. The number of carbonyl (C=O) groups is 2. The van der Waals surface area contributed by atoms with Crippen molar-refractivity contribution in [1.82, 2.24) is 15.2 Å². The van der Waals surface area contributed by atoms with Crippen LogP contribution in [0.4, 0.5) is 0 Å². The van der Waals surface area contributed by atoms with E-state index in [1.54, 1.807) is 6.07 Å². The van der Waals surface area contributed by atoms with Crippen LogP contribution in [0, 0.1) is 6.92 Å².